The number of pyridine rings is 1. The van der Waals surface area contributed by atoms with Crippen LogP contribution in [0.1, 0.15) is 31.5 Å². The number of nitrogens with zero attached hydrogens (tertiary/aromatic N) is 1. The molecule has 1 aliphatic carbocycles. The fraction of sp³-hybridized carbons (Fsp3) is 0.316. The first-order valence-corrected chi connectivity index (χ1v) is 8.82. The van der Waals surface area contributed by atoms with E-state index in [2.05, 4.69) is 39.1 Å². The first kappa shape index (κ1) is 16.2. The van der Waals surface area contributed by atoms with E-state index in [9.17, 15) is 5.11 Å². The van der Waals surface area contributed by atoms with Crippen LogP contribution in [0.4, 0.5) is 0 Å². The fourth-order valence-corrected chi connectivity index (χ4v) is 3.18. The summed E-state index contributed by atoms with van der Waals surface area (Å²) in [5, 5.41) is 11.6. The smallest absolute Gasteiger partial charge is 0.115 e. The lowest BCUT2D eigenvalue weighted by Crippen LogP contribution is -2.24. The van der Waals surface area contributed by atoms with Gasteiger partial charge < -0.3 is 9.84 Å². The summed E-state index contributed by atoms with van der Waals surface area (Å²) in [6, 6.07) is 4.03. The number of aromatic nitrogens is 1. The van der Waals surface area contributed by atoms with Gasteiger partial charge in [-0.25, -0.2) is 0 Å². The Morgan fingerprint density at radius 1 is 1.43 bits per heavy atom. The van der Waals surface area contributed by atoms with Gasteiger partial charge in [0.1, 0.15) is 6.61 Å². The summed E-state index contributed by atoms with van der Waals surface area (Å²) in [4.78, 5) is 4.60. The monoisotopic (exact) mass is 373 g/mol. The molecular formula is C19H20BrNO2. The van der Waals surface area contributed by atoms with Crippen molar-refractivity contribution >= 4 is 27.1 Å². The van der Waals surface area contributed by atoms with Gasteiger partial charge in [0.25, 0.3) is 0 Å². The highest BCUT2D eigenvalue weighted by Gasteiger charge is 2.30. The summed E-state index contributed by atoms with van der Waals surface area (Å²) < 4.78 is 5.51. The molecule has 1 aliphatic heterocycles. The number of fused-ring (bicyclic) bond motifs is 2. The lowest BCUT2D eigenvalue weighted by atomic mass is 9.87. The summed E-state index contributed by atoms with van der Waals surface area (Å²) in [7, 11) is 0. The third-order valence-electron chi connectivity index (χ3n) is 4.01. The van der Waals surface area contributed by atoms with E-state index >= 15 is 0 Å². The molecule has 23 heavy (non-hydrogen) atoms. The van der Waals surface area contributed by atoms with E-state index in [4.69, 9.17) is 4.74 Å². The Labute approximate surface area is 145 Å². The van der Waals surface area contributed by atoms with Crippen LogP contribution in [0, 0.1) is 0 Å². The molecule has 4 heteroatoms. The van der Waals surface area contributed by atoms with Crippen LogP contribution in [-0.2, 0) is 4.74 Å². The normalized spacial score (nSPS) is 19.0. The molecule has 1 aromatic heterocycles. The first-order chi connectivity index (χ1) is 11.0. The van der Waals surface area contributed by atoms with Crippen LogP contribution >= 0.6 is 15.9 Å². The Morgan fingerprint density at radius 2 is 2.26 bits per heavy atom. The number of hydrogen-bond donors (Lipinski definition) is 1. The molecule has 0 unspecified atom stereocenters. The zero-order valence-electron chi connectivity index (χ0n) is 13.3. The quantitative estimate of drug-likeness (QED) is 0.804. The highest BCUT2D eigenvalue weighted by molar-refractivity contribution is 9.09. The van der Waals surface area contributed by atoms with Crippen molar-refractivity contribution in [2.45, 2.75) is 25.9 Å². The molecule has 1 aromatic rings. The molecule has 0 amide bonds. The van der Waals surface area contributed by atoms with E-state index in [1.807, 2.05) is 26.0 Å². The number of ether oxygens (including phenoxy) is 1. The molecule has 0 atom stereocenters. The third-order valence-corrected chi connectivity index (χ3v) is 4.47. The van der Waals surface area contributed by atoms with Gasteiger partial charge in [0.15, 0.2) is 0 Å². The molecule has 0 radical (unpaired) electrons. The van der Waals surface area contributed by atoms with Gasteiger partial charge in [0, 0.05) is 22.7 Å². The molecule has 0 aromatic carbocycles. The number of rotatable bonds is 3. The molecular weight excluding hydrogens is 354 g/mol. The van der Waals surface area contributed by atoms with Crippen molar-refractivity contribution in [3.8, 4) is 0 Å². The molecule has 120 valence electrons. The maximum absolute atomic E-state index is 10.7. The van der Waals surface area contributed by atoms with Crippen LogP contribution in [0.2, 0.25) is 0 Å². The average Bonchev–Trinajstić information content (AvgIpc) is 2.68. The van der Waals surface area contributed by atoms with Gasteiger partial charge >= 0.3 is 0 Å². The van der Waals surface area contributed by atoms with Gasteiger partial charge in [-0.05, 0) is 55.2 Å². The summed E-state index contributed by atoms with van der Waals surface area (Å²) >= 11 is 3.48. The minimum absolute atomic E-state index is 0.467. The van der Waals surface area contributed by atoms with Gasteiger partial charge in [0.2, 0.25) is 0 Å². The highest BCUT2D eigenvalue weighted by Crippen LogP contribution is 2.40. The second kappa shape index (κ2) is 6.46. The van der Waals surface area contributed by atoms with Crippen molar-refractivity contribution in [2.75, 3.05) is 11.9 Å². The number of allylic oxidation sites excluding steroid dienone is 4. The Bertz CT molecular complexity index is 736. The van der Waals surface area contributed by atoms with Gasteiger partial charge in [0.05, 0.1) is 17.6 Å². The maximum Gasteiger partial charge on any atom is 0.115 e. The Hall–Kier alpha value is -1.65. The van der Waals surface area contributed by atoms with Crippen LogP contribution in [-0.4, -0.2) is 27.6 Å². The van der Waals surface area contributed by atoms with Crippen molar-refractivity contribution in [2.24, 2.45) is 0 Å². The summed E-state index contributed by atoms with van der Waals surface area (Å²) in [6.07, 6.45) is 10.6. The maximum atomic E-state index is 10.7. The van der Waals surface area contributed by atoms with Gasteiger partial charge in [-0.15, -0.1) is 0 Å². The van der Waals surface area contributed by atoms with Crippen LogP contribution in [0.5, 0.6) is 0 Å². The summed E-state index contributed by atoms with van der Waals surface area (Å²) in [5.74, 6) is 0. The van der Waals surface area contributed by atoms with Gasteiger partial charge in [-0.1, -0.05) is 28.1 Å². The Balaban J connectivity index is 2.29. The molecule has 0 fully saturated rings. The summed E-state index contributed by atoms with van der Waals surface area (Å²) in [5.41, 5.74) is 5.09. The number of hydrogen-bond acceptors (Lipinski definition) is 3. The molecule has 0 spiro atoms. The molecule has 0 saturated carbocycles. The minimum Gasteiger partial charge on any atom is -0.496 e. The number of aliphatic hydroxyl groups is 1. The van der Waals surface area contributed by atoms with Crippen molar-refractivity contribution in [1.29, 1.82) is 0 Å². The molecule has 2 aliphatic rings. The van der Waals surface area contributed by atoms with Crippen LogP contribution in [0.15, 0.2) is 54.0 Å². The van der Waals surface area contributed by atoms with E-state index in [1.54, 1.807) is 12.5 Å². The lowest BCUT2D eigenvalue weighted by Gasteiger charge is -2.25. The van der Waals surface area contributed by atoms with E-state index in [1.165, 1.54) is 0 Å². The van der Waals surface area contributed by atoms with E-state index in [0.717, 1.165) is 45.3 Å². The summed E-state index contributed by atoms with van der Waals surface area (Å²) in [6.45, 7) is 4.10. The van der Waals surface area contributed by atoms with Gasteiger partial charge in [-0.3, -0.25) is 4.98 Å². The van der Waals surface area contributed by atoms with Crippen LogP contribution < -0.4 is 0 Å². The van der Waals surface area contributed by atoms with E-state index in [-0.39, 0.29) is 0 Å². The molecule has 0 bridgehead atoms. The third kappa shape index (κ3) is 3.19. The van der Waals surface area contributed by atoms with Crippen molar-refractivity contribution in [3.05, 3.63) is 65.2 Å². The molecule has 0 saturated heterocycles. The number of alkyl halides is 1. The highest BCUT2D eigenvalue weighted by atomic mass is 79.9. The largest absolute Gasteiger partial charge is 0.496 e. The molecule has 2 heterocycles. The first-order valence-electron chi connectivity index (χ1n) is 7.70. The zero-order valence-corrected chi connectivity index (χ0v) is 14.9. The van der Waals surface area contributed by atoms with Crippen molar-refractivity contribution in [3.63, 3.8) is 0 Å². The topological polar surface area (TPSA) is 42.4 Å². The Morgan fingerprint density at radius 3 is 3.00 bits per heavy atom. The average molecular weight is 374 g/mol. The van der Waals surface area contributed by atoms with E-state index in [0.29, 0.717) is 6.61 Å². The predicted molar refractivity (Wildman–Crippen MR) is 97.0 cm³/mol. The van der Waals surface area contributed by atoms with Crippen molar-refractivity contribution < 1.29 is 9.84 Å². The van der Waals surface area contributed by atoms with Gasteiger partial charge in [-0.2, -0.15) is 0 Å². The van der Waals surface area contributed by atoms with Crippen molar-refractivity contribution in [1.82, 2.24) is 4.98 Å². The molecule has 3 nitrogen and oxygen atoms in total. The standard InChI is InChI=1S/C19H20BrNO2/c1-19(2,22)17-11-13(5-3-8-20)14-6-4-9-21-18(14)16-12-23-10-7-15(16)17/h4-7,9-11,22H,3,8,12H2,1-2H3. The van der Waals surface area contributed by atoms with Crippen LogP contribution in [0.3, 0.4) is 0 Å². The zero-order chi connectivity index (χ0) is 16.4. The second-order valence-corrected chi connectivity index (χ2v) is 6.95. The second-order valence-electron chi connectivity index (χ2n) is 6.16. The predicted octanol–water partition coefficient (Wildman–Crippen LogP) is 4.26. The van der Waals surface area contributed by atoms with Crippen LogP contribution in [0.25, 0.3) is 11.1 Å². The number of halogens is 1. The minimum atomic E-state index is -0.947. The fourth-order valence-electron chi connectivity index (χ4n) is 2.95. The SMILES string of the molecule is CC(C)(O)C1=CC(=CCCBr)c2cccnc2C2=C1C=COC2. The molecule has 3 rings (SSSR count). The van der Waals surface area contributed by atoms with E-state index < -0.39 is 5.60 Å². The lowest BCUT2D eigenvalue weighted by molar-refractivity contribution is 0.122. The molecule has 1 N–H and O–H groups in total. The Kier molecular flexibility index (Phi) is 4.55.